The molecule has 26 rings (SSSR count). The van der Waals surface area contributed by atoms with E-state index in [0.29, 0.717) is 0 Å². The summed E-state index contributed by atoms with van der Waals surface area (Å²) in [5, 5.41) is 23.7. The summed E-state index contributed by atoms with van der Waals surface area (Å²) in [5.41, 5.74) is 46.7. The van der Waals surface area contributed by atoms with Crippen LogP contribution in [0.5, 0.6) is 0 Å². The molecule has 0 radical (unpaired) electrons. The fraction of sp³-hybridized carbons (Fsp3) is 0.0217. The van der Waals surface area contributed by atoms with Crippen LogP contribution in [0.2, 0.25) is 0 Å². The van der Waals surface area contributed by atoms with Gasteiger partial charge in [-0.3, -0.25) is 0 Å². The molecule has 23 aromatic carbocycles. The summed E-state index contributed by atoms with van der Waals surface area (Å²) < 4.78 is 0. The van der Waals surface area contributed by atoms with Crippen LogP contribution in [-0.4, -0.2) is 63.0 Å². The first kappa shape index (κ1) is 99.5. The van der Waals surface area contributed by atoms with E-state index in [1.807, 2.05) is 0 Å². The zero-order valence-electron chi connectivity index (χ0n) is 79.7. The van der Waals surface area contributed by atoms with Gasteiger partial charge in [0, 0.05) is 0 Å². The second-order valence-corrected chi connectivity index (χ2v) is 33.4. The van der Waals surface area contributed by atoms with Crippen LogP contribution in [0.4, 0.5) is 0 Å². The predicted octanol–water partition coefficient (Wildman–Crippen LogP) is 37.1. The fourth-order valence-corrected chi connectivity index (χ4v) is 21.1. The van der Waals surface area contributed by atoms with Gasteiger partial charge in [-0.25, -0.2) is 0 Å². The van der Waals surface area contributed by atoms with Gasteiger partial charge in [0.1, 0.15) is 0 Å². The van der Waals surface area contributed by atoms with Crippen molar-refractivity contribution in [1.29, 1.82) is 0 Å². The first-order chi connectivity index (χ1) is 70.0. The molecule has 0 nitrogen and oxygen atoms in total. The van der Waals surface area contributed by atoms with E-state index < -0.39 is 0 Å². The minimum absolute atomic E-state index is 0.938. The van der Waals surface area contributed by atoms with Gasteiger partial charge in [-0.1, -0.05) is 413 Å². The quantitative estimate of drug-likeness (QED) is 0.0808. The molecule has 680 valence electrons. The predicted molar refractivity (Wildman–Crippen MR) is 631 cm³/mol. The molecule has 3 aliphatic rings. The van der Waals surface area contributed by atoms with Crippen LogP contribution >= 0.6 is 0 Å². The second kappa shape index (κ2) is 47.4. The molecule has 0 aliphatic heterocycles. The van der Waals surface area contributed by atoms with Gasteiger partial charge in [0.05, 0.1) is 0 Å². The third-order valence-corrected chi connectivity index (χ3v) is 26.8. The maximum atomic E-state index is 3.12. The van der Waals surface area contributed by atoms with Gasteiger partial charge >= 0.3 is 63.0 Å². The van der Waals surface area contributed by atoms with E-state index in [1.54, 1.807) is 0 Å². The number of hydrogen-bond donors (Lipinski definition) is 0. The number of hydrogen-bond acceptors (Lipinski definition) is 0. The summed E-state index contributed by atoms with van der Waals surface area (Å²) in [4.78, 5) is 0. The van der Waals surface area contributed by atoms with Crippen LogP contribution in [0.1, 0.15) is 33.4 Å². The summed E-state index contributed by atoms with van der Waals surface area (Å²) in [6, 6.07) is 165. The smallest absolute Gasteiger partial charge is 0.000112 e. The third kappa shape index (κ3) is 19.5. The van der Waals surface area contributed by atoms with Crippen molar-refractivity contribution in [3.63, 3.8) is 0 Å². The van der Waals surface area contributed by atoms with Crippen molar-refractivity contribution in [3.8, 4) is 122 Å². The Hall–Kier alpha value is -16.0. The first-order valence-electron chi connectivity index (χ1n) is 47.0. The molecule has 0 fully saturated rings. The van der Waals surface area contributed by atoms with Crippen molar-refractivity contribution in [2.45, 2.75) is 19.3 Å². The van der Waals surface area contributed by atoms with E-state index in [4.69, 9.17) is 0 Å². The summed E-state index contributed by atoms with van der Waals surface area (Å²) >= 11 is 7.12. The summed E-state index contributed by atoms with van der Waals surface area (Å²) in [6.07, 6.45) is 2.87. The monoisotopic (exact) mass is 2010 g/mol. The average Bonchev–Trinajstić information content (AvgIpc) is 1.74. The van der Waals surface area contributed by atoms with Gasteiger partial charge in [-0.05, 0) is 308 Å². The first-order valence-corrected chi connectivity index (χ1v) is 50.6. The molecule has 0 unspecified atom stereocenters. The molecule has 0 saturated heterocycles. The Kier molecular flexibility index (Phi) is 33.4. The molecule has 3 aliphatic carbocycles. The van der Waals surface area contributed by atoms with E-state index in [0.717, 1.165) is 19.3 Å². The second-order valence-electron chi connectivity index (χ2n) is 33.4. The molecule has 141 heavy (non-hydrogen) atoms. The van der Waals surface area contributed by atoms with Crippen molar-refractivity contribution >= 4 is 160 Å². The molecule has 3 heteroatoms. The SMILES string of the molecule is C=C.C=C.C=C.C=C.C=C.C=C.C=[Se].C=[Se].C=[Se].c1ccc(-c2cc(-c3ccc4c5ccccc5c5ccccc5c4c3)cc(-c3cccc4c3Cc3ccccc3-4)c2)cc1.c1ccc(-c2ccc(-c3cccc4c3Cc3c(-c5ccc6c7ccccc7c7ccccc7c6c5)cccc3-4)cc2)cc1.c1ccc(-c2cccc3c2Cc2c(-c4ccc5c6ccccc6c6ccccc6c5c4)cccc2-3)cc1. The summed E-state index contributed by atoms with van der Waals surface area (Å²) in [5.74, 6) is 0. The average molecular weight is 2010 g/mol. The van der Waals surface area contributed by atoms with Crippen molar-refractivity contribution < 1.29 is 0 Å². The minimum Gasteiger partial charge on any atom is -0.0622 e. The molecule has 23 aromatic rings. The number of benzene rings is 23. The van der Waals surface area contributed by atoms with Crippen molar-refractivity contribution in [1.82, 2.24) is 0 Å². The Labute approximate surface area is 855 Å². The van der Waals surface area contributed by atoms with E-state index >= 15 is 0 Å². The zero-order valence-corrected chi connectivity index (χ0v) is 84.8. The van der Waals surface area contributed by atoms with Crippen LogP contribution in [-0.2, 0) is 19.3 Å². The van der Waals surface area contributed by atoms with E-state index in [1.165, 1.54) is 253 Å². The van der Waals surface area contributed by atoms with Crippen molar-refractivity contribution in [3.05, 3.63) is 561 Å². The van der Waals surface area contributed by atoms with Crippen LogP contribution < -0.4 is 0 Å². The topological polar surface area (TPSA) is 0 Å². The normalized spacial score (nSPS) is 10.8. The molecular weight excluding hydrogens is 1890 g/mol. The van der Waals surface area contributed by atoms with Gasteiger partial charge in [-0.15, -0.1) is 78.9 Å². The Balaban J connectivity index is 0.000000148. The molecule has 0 spiro atoms. The molecule has 0 atom stereocenters. The van der Waals surface area contributed by atoms with Gasteiger partial charge in [-0.2, -0.15) is 0 Å². The minimum atomic E-state index is 0.938. The number of fused-ring (bicyclic) bond motifs is 27. The van der Waals surface area contributed by atoms with Crippen molar-refractivity contribution in [2.75, 3.05) is 0 Å². The Morgan fingerprint density at radius 2 is 0.298 bits per heavy atom. The van der Waals surface area contributed by atoms with Gasteiger partial charge in [0.25, 0.3) is 0 Å². The van der Waals surface area contributed by atoms with Gasteiger partial charge in [0.15, 0.2) is 0 Å². The zero-order chi connectivity index (χ0) is 99.0. The standard InChI is InChI=1S/2C43H28.C37H24.6C2H4.3CH2Se/c1-2-10-28(11-3-1)29-20-22-30(23-21-29)32-16-8-18-38-39-19-9-17-33(43(39)27-42(32)38)31-24-25-40-36-14-5-4-12-34(36)35-13-6-7-15-37(35)41(40)26-31;1-2-11-28(12-3-1)31-23-32(25-33(24-31)35-19-10-20-36-34-14-5-4-13-30(34)27-42(35)36)29-21-22-41-39-17-7-6-15-37(39)38-16-8-9-18-40(38)43(41)26-29;1-2-10-24(11-3-1)26-16-8-18-32-33-19-9-17-27(37(33)23-36(26)32)25-20-21-34-30-14-5-4-12-28(30)29-13-6-7-15-31(29)35(34)22-25;9*1-2/h2*1-26H,27H2;1-22H,23H2;6*1-2H2;3*1H2. The maximum absolute atomic E-state index is 3.12. The Bertz CT molecular complexity index is 8300. The molecule has 0 saturated carbocycles. The molecule has 0 heterocycles. The molecule has 0 N–H and O–H groups in total. The van der Waals surface area contributed by atoms with Crippen LogP contribution in [0.25, 0.3) is 219 Å². The van der Waals surface area contributed by atoms with Gasteiger partial charge in [0.2, 0.25) is 0 Å². The molecule has 0 aromatic heterocycles. The molecular formula is C138H110Se3. The van der Waals surface area contributed by atoms with Crippen LogP contribution in [0.3, 0.4) is 0 Å². The van der Waals surface area contributed by atoms with Crippen LogP contribution in [0.15, 0.2) is 528 Å². The summed E-state index contributed by atoms with van der Waals surface area (Å²) in [6.45, 7) is 36.0. The molecule has 0 amide bonds. The van der Waals surface area contributed by atoms with Crippen molar-refractivity contribution in [2.24, 2.45) is 0 Å². The van der Waals surface area contributed by atoms with E-state index in [2.05, 4.69) is 591 Å². The summed E-state index contributed by atoms with van der Waals surface area (Å²) in [7, 11) is 0. The van der Waals surface area contributed by atoms with Crippen LogP contribution in [0, 0.1) is 0 Å². The molecule has 0 bridgehead atoms. The Morgan fingerprint density at radius 3 is 0.631 bits per heavy atom. The Morgan fingerprint density at radius 1 is 0.113 bits per heavy atom. The third-order valence-electron chi connectivity index (χ3n) is 26.8. The maximum Gasteiger partial charge on any atom is -0.000112 e. The van der Waals surface area contributed by atoms with Gasteiger partial charge < -0.3 is 0 Å². The number of rotatable bonds is 8. The van der Waals surface area contributed by atoms with E-state index in [-0.39, 0.29) is 0 Å². The fourth-order valence-electron chi connectivity index (χ4n) is 21.1. The van der Waals surface area contributed by atoms with E-state index in [9.17, 15) is 0 Å². The largest absolute Gasteiger partial charge is 0.0622 e.